The summed E-state index contributed by atoms with van der Waals surface area (Å²) in [5, 5.41) is 4.23. The van der Waals surface area contributed by atoms with E-state index >= 15 is 0 Å². The summed E-state index contributed by atoms with van der Waals surface area (Å²) in [5.74, 6) is 0. The monoisotopic (exact) mass is 330 g/mol. The number of thiocarbonyl (C=S) groups is 1. The maximum atomic E-state index is 5.55. The third-order valence-electron chi connectivity index (χ3n) is 4.24. The molecule has 5 nitrogen and oxygen atoms in total. The molecule has 1 N–H and O–H groups in total. The fourth-order valence-electron chi connectivity index (χ4n) is 3.16. The zero-order valence-corrected chi connectivity index (χ0v) is 14.3. The minimum absolute atomic E-state index is 0.0554. The molecule has 0 saturated carbocycles. The number of aromatic nitrogens is 2. The van der Waals surface area contributed by atoms with Crippen LogP contribution in [0.4, 0.5) is 0 Å². The Balaban J connectivity index is 1.98. The number of ether oxygens (including phenoxy) is 1. The quantitative estimate of drug-likeness (QED) is 0.825. The Labute approximate surface area is 142 Å². The van der Waals surface area contributed by atoms with Crippen LogP contribution in [0.3, 0.4) is 0 Å². The maximum Gasteiger partial charge on any atom is 0.170 e. The lowest BCUT2D eigenvalue weighted by molar-refractivity contribution is 0.184. The van der Waals surface area contributed by atoms with Crippen molar-refractivity contribution in [3.05, 3.63) is 54.1 Å². The molecule has 0 unspecified atom stereocenters. The lowest BCUT2D eigenvalue weighted by atomic mass is 10.0. The van der Waals surface area contributed by atoms with Crippen molar-refractivity contribution in [2.24, 2.45) is 0 Å². The Hall–Kier alpha value is -1.92. The third-order valence-corrected chi connectivity index (χ3v) is 4.59. The van der Waals surface area contributed by atoms with E-state index in [-0.39, 0.29) is 12.1 Å². The highest BCUT2D eigenvalue weighted by atomic mass is 32.1. The van der Waals surface area contributed by atoms with Crippen LogP contribution in [0.25, 0.3) is 0 Å². The van der Waals surface area contributed by atoms with Gasteiger partial charge in [0.05, 0.1) is 24.4 Å². The van der Waals surface area contributed by atoms with E-state index in [4.69, 9.17) is 17.0 Å². The van der Waals surface area contributed by atoms with E-state index in [0.717, 1.165) is 23.9 Å². The summed E-state index contributed by atoms with van der Waals surface area (Å²) in [6, 6.07) is 10.4. The maximum absolute atomic E-state index is 5.55. The fraction of sp³-hybridized carbons (Fsp3) is 0.412. The van der Waals surface area contributed by atoms with Gasteiger partial charge in [0.25, 0.3) is 0 Å². The van der Waals surface area contributed by atoms with E-state index in [9.17, 15) is 0 Å². The molecule has 0 amide bonds. The number of nitrogens with zero attached hydrogens (tertiary/aromatic N) is 3. The van der Waals surface area contributed by atoms with Gasteiger partial charge in [-0.15, -0.1) is 0 Å². The van der Waals surface area contributed by atoms with Crippen LogP contribution in [0.15, 0.2) is 42.7 Å². The molecular formula is C17H22N4OS. The first-order chi connectivity index (χ1) is 11.3. The first-order valence-electron chi connectivity index (χ1n) is 7.88. The van der Waals surface area contributed by atoms with Crippen LogP contribution in [0.2, 0.25) is 0 Å². The molecule has 0 aromatic carbocycles. The SMILES string of the molecule is CCN1C(=S)N[C@H](c2ccccn2)[C@H]1c1cccn1CCOC. The van der Waals surface area contributed by atoms with Crippen molar-refractivity contribution >= 4 is 17.3 Å². The molecule has 2 aromatic heterocycles. The number of hydrogen-bond donors (Lipinski definition) is 1. The lowest BCUT2D eigenvalue weighted by Crippen LogP contribution is -2.30. The second kappa shape index (κ2) is 7.10. The number of pyridine rings is 1. The van der Waals surface area contributed by atoms with Crippen LogP contribution < -0.4 is 5.32 Å². The van der Waals surface area contributed by atoms with E-state index < -0.39 is 0 Å². The molecular weight excluding hydrogens is 308 g/mol. The third kappa shape index (κ3) is 3.09. The summed E-state index contributed by atoms with van der Waals surface area (Å²) in [7, 11) is 1.73. The van der Waals surface area contributed by atoms with Gasteiger partial charge in [0.1, 0.15) is 0 Å². The summed E-state index contributed by atoms with van der Waals surface area (Å²) in [4.78, 5) is 6.76. The number of rotatable bonds is 6. The van der Waals surface area contributed by atoms with Gasteiger partial charge in [0.15, 0.2) is 5.11 Å². The van der Waals surface area contributed by atoms with Gasteiger partial charge >= 0.3 is 0 Å². The second-order valence-electron chi connectivity index (χ2n) is 5.53. The highest BCUT2D eigenvalue weighted by Gasteiger charge is 2.40. The van der Waals surface area contributed by atoms with Crippen molar-refractivity contribution in [1.29, 1.82) is 0 Å². The summed E-state index contributed by atoms with van der Waals surface area (Å²) < 4.78 is 7.47. The molecule has 1 aliphatic rings. The molecule has 6 heteroatoms. The molecule has 3 heterocycles. The van der Waals surface area contributed by atoms with Gasteiger partial charge in [-0.25, -0.2) is 0 Å². The van der Waals surface area contributed by atoms with E-state index in [1.165, 1.54) is 5.69 Å². The van der Waals surface area contributed by atoms with Crippen molar-refractivity contribution in [3.8, 4) is 0 Å². The normalized spacial score (nSPS) is 20.8. The van der Waals surface area contributed by atoms with Gasteiger partial charge in [-0.1, -0.05) is 6.07 Å². The van der Waals surface area contributed by atoms with Crippen LogP contribution in [-0.2, 0) is 11.3 Å². The average Bonchev–Trinajstić information content (AvgIpc) is 3.17. The molecule has 0 aliphatic carbocycles. The Bertz CT molecular complexity index is 658. The van der Waals surface area contributed by atoms with E-state index in [1.807, 2.05) is 18.3 Å². The number of hydrogen-bond acceptors (Lipinski definition) is 3. The van der Waals surface area contributed by atoms with Crippen LogP contribution >= 0.6 is 12.2 Å². The molecule has 0 bridgehead atoms. The fourth-order valence-corrected chi connectivity index (χ4v) is 3.53. The predicted octanol–water partition coefficient (Wildman–Crippen LogP) is 2.52. The van der Waals surface area contributed by atoms with Crippen molar-refractivity contribution in [2.45, 2.75) is 25.6 Å². The van der Waals surface area contributed by atoms with E-state index in [1.54, 1.807) is 7.11 Å². The molecule has 2 atom stereocenters. The van der Waals surface area contributed by atoms with Crippen LogP contribution in [-0.4, -0.2) is 39.8 Å². The largest absolute Gasteiger partial charge is 0.383 e. The molecule has 1 aliphatic heterocycles. The van der Waals surface area contributed by atoms with Gasteiger partial charge < -0.3 is 19.5 Å². The summed E-state index contributed by atoms with van der Waals surface area (Å²) in [6.45, 7) is 4.50. The minimum Gasteiger partial charge on any atom is -0.383 e. The van der Waals surface area contributed by atoms with Crippen molar-refractivity contribution < 1.29 is 4.74 Å². The summed E-state index contributed by atoms with van der Waals surface area (Å²) >= 11 is 5.55. The highest BCUT2D eigenvalue weighted by Crippen LogP contribution is 2.38. The first-order valence-corrected chi connectivity index (χ1v) is 8.29. The van der Waals surface area contributed by atoms with E-state index in [2.05, 4.69) is 51.1 Å². The van der Waals surface area contributed by atoms with Gasteiger partial charge in [0, 0.05) is 38.3 Å². The van der Waals surface area contributed by atoms with Gasteiger partial charge in [-0.3, -0.25) is 4.98 Å². The Kier molecular flexibility index (Phi) is 4.93. The van der Waals surface area contributed by atoms with Crippen LogP contribution in [0.5, 0.6) is 0 Å². The van der Waals surface area contributed by atoms with Crippen LogP contribution in [0.1, 0.15) is 30.4 Å². The summed E-state index contributed by atoms with van der Waals surface area (Å²) in [6.07, 6.45) is 3.93. The first kappa shape index (κ1) is 16.0. The molecule has 2 aromatic rings. The second-order valence-corrected chi connectivity index (χ2v) is 5.92. The Morgan fingerprint density at radius 2 is 2.17 bits per heavy atom. The zero-order valence-electron chi connectivity index (χ0n) is 13.5. The molecule has 1 saturated heterocycles. The lowest BCUT2D eigenvalue weighted by Gasteiger charge is -2.27. The zero-order chi connectivity index (χ0) is 16.2. The smallest absolute Gasteiger partial charge is 0.170 e. The molecule has 0 spiro atoms. The standard InChI is InChI=1S/C17H22N4OS/c1-3-21-16(14-8-6-10-20(14)11-12-22-2)15(19-17(21)23)13-7-4-5-9-18-13/h4-10,15-16H,3,11-12H2,1-2H3,(H,19,23)/t15-,16-/m1/s1. The molecule has 23 heavy (non-hydrogen) atoms. The van der Waals surface area contributed by atoms with Crippen molar-refractivity contribution in [1.82, 2.24) is 19.8 Å². The molecule has 122 valence electrons. The molecule has 1 fully saturated rings. The molecule has 3 rings (SSSR count). The van der Waals surface area contributed by atoms with Crippen molar-refractivity contribution in [2.75, 3.05) is 20.3 Å². The van der Waals surface area contributed by atoms with Gasteiger partial charge in [0.2, 0.25) is 0 Å². The highest BCUT2D eigenvalue weighted by molar-refractivity contribution is 7.80. The van der Waals surface area contributed by atoms with Gasteiger partial charge in [-0.2, -0.15) is 0 Å². The molecule has 0 radical (unpaired) electrons. The predicted molar refractivity (Wildman–Crippen MR) is 94.1 cm³/mol. The topological polar surface area (TPSA) is 42.3 Å². The summed E-state index contributed by atoms with van der Waals surface area (Å²) in [5.41, 5.74) is 2.24. The average molecular weight is 330 g/mol. The van der Waals surface area contributed by atoms with E-state index in [0.29, 0.717) is 6.61 Å². The Morgan fingerprint density at radius 3 is 2.87 bits per heavy atom. The van der Waals surface area contributed by atoms with Crippen LogP contribution in [0, 0.1) is 0 Å². The Morgan fingerprint density at radius 1 is 1.30 bits per heavy atom. The van der Waals surface area contributed by atoms with Crippen molar-refractivity contribution in [3.63, 3.8) is 0 Å². The van der Waals surface area contributed by atoms with Gasteiger partial charge in [-0.05, 0) is 43.4 Å². The number of methoxy groups -OCH3 is 1. The number of nitrogens with one attached hydrogen (secondary N) is 1. The minimum atomic E-state index is 0.0554. The number of likely N-dealkylation sites (N-methyl/N-ethyl adjacent to an activating group) is 1.